The molecule has 4 aliphatic rings. The summed E-state index contributed by atoms with van der Waals surface area (Å²) in [5.74, 6) is 0. The number of rotatable bonds is 2. The lowest BCUT2D eigenvalue weighted by Crippen LogP contribution is -2.63. The number of hydrogen-bond donors (Lipinski definition) is 2. The summed E-state index contributed by atoms with van der Waals surface area (Å²) in [6, 6.07) is 0.404. The van der Waals surface area contributed by atoms with Gasteiger partial charge in [0.05, 0.1) is 31.3 Å². The third kappa shape index (κ3) is 2.85. The molecule has 0 aromatic carbocycles. The van der Waals surface area contributed by atoms with Crippen molar-refractivity contribution in [2.45, 2.75) is 68.8 Å². The number of nitrogens with one attached hydrogen (secondary N) is 1. The zero-order valence-electron chi connectivity index (χ0n) is 14.6. The van der Waals surface area contributed by atoms with Crippen LogP contribution in [0.25, 0.3) is 0 Å². The summed E-state index contributed by atoms with van der Waals surface area (Å²) in [6.45, 7) is 4.86. The number of likely N-dealkylation sites (tertiary alicyclic amines) is 1. The van der Waals surface area contributed by atoms with Crippen LogP contribution in [0.3, 0.4) is 0 Å². The van der Waals surface area contributed by atoms with Crippen molar-refractivity contribution in [1.82, 2.24) is 15.1 Å². The number of piperidine rings is 2. The molecule has 4 fully saturated rings. The number of alkyl carbamates (subject to hydrolysis) is 1. The van der Waals surface area contributed by atoms with Gasteiger partial charge < -0.3 is 19.9 Å². The summed E-state index contributed by atoms with van der Waals surface area (Å²) in [6.07, 6.45) is 3.09. The quantitative estimate of drug-likeness (QED) is 0.776. The lowest BCUT2D eigenvalue weighted by Gasteiger charge is -2.51. The van der Waals surface area contributed by atoms with Gasteiger partial charge >= 0.3 is 12.2 Å². The minimum Gasteiger partial charge on any atom is -0.465 e. The number of fused-ring (bicyclic) bond motifs is 2. The number of amides is 2. The fourth-order valence-corrected chi connectivity index (χ4v) is 5.25. The van der Waals surface area contributed by atoms with Gasteiger partial charge in [-0.2, -0.15) is 0 Å². The summed E-state index contributed by atoms with van der Waals surface area (Å²) < 4.78 is 11.2. The molecule has 0 aromatic heterocycles. The fraction of sp³-hybridized carbons (Fsp3) is 0.882. The molecule has 0 aliphatic carbocycles. The van der Waals surface area contributed by atoms with Gasteiger partial charge in [0, 0.05) is 32.0 Å². The van der Waals surface area contributed by atoms with Crippen LogP contribution in [0.1, 0.15) is 39.0 Å². The van der Waals surface area contributed by atoms with Gasteiger partial charge in [0.25, 0.3) is 0 Å². The summed E-state index contributed by atoms with van der Waals surface area (Å²) in [5, 5.41) is 12.4. The van der Waals surface area contributed by atoms with E-state index in [9.17, 15) is 14.7 Å². The topological polar surface area (TPSA) is 91.3 Å². The summed E-state index contributed by atoms with van der Waals surface area (Å²) in [5.41, 5.74) is -0.358. The average Bonchev–Trinajstić information content (AvgIpc) is 2.89. The van der Waals surface area contributed by atoms with E-state index >= 15 is 0 Å². The molecule has 8 nitrogen and oxygen atoms in total. The molecule has 0 aromatic rings. The van der Waals surface area contributed by atoms with Gasteiger partial charge in [-0.3, -0.25) is 9.80 Å². The van der Waals surface area contributed by atoms with Crippen LogP contribution in [0.4, 0.5) is 9.59 Å². The molecule has 4 heterocycles. The summed E-state index contributed by atoms with van der Waals surface area (Å²) >= 11 is 0. The predicted octanol–water partition coefficient (Wildman–Crippen LogP) is 1.25. The molecule has 0 saturated carbocycles. The fourth-order valence-electron chi connectivity index (χ4n) is 5.25. The Labute approximate surface area is 147 Å². The number of hydrogen-bond acceptors (Lipinski definition) is 5. The number of morpholine rings is 1. The second-order valence-electron chi connectivity index (χ2n) is 7.76. The number of carbonyl (C=O) groups is 2. The minimum absolute atomic E-state index is 0.0414. The first-order valence-electron chi connectivity index (χ1n) is 9.35. The maximum Gasteiger partial charge on any atom is 0.408 e. The molecule has 2 bridgehead atoms. The van der Waals surface area contributed by atoms with Crippen molar-refractivity contribution in [3.63, 3.8) is 0 Å². The normalized spacial score (nSPS) is 37.6. The highest BCUT2D eigenvalue weighted by molar-refractivity contribution is 5.71. The van der Waals surface area contributed by atoms with E-state index in [1.54, 1.807) is 4.90 Å². The Kier molecular flexibility index (Phi) is 4.27. The zero-order valence-corrected chi connectivity index (χ0v) is 14.6. The van der Waals surface area contributed by atoms with Crippen LogP contribution in [0.15, 0.2) is 0 Å². The van der Waals surface area contributed by atoms with Gasteiger partial charge in [-0.15, -0.1) is 0 Å². The molecule has 1 spiro atoms. The van der Waals surface area contributed by atoms with E-state index in [-0.39, 0.29) is 29.8 Å². The van der Waals surface area contributed by atoms with Gasteiger partial charge in [0.1, 0.15) is 5.60 Å². The first-order valence-corrected chi connectivity index (χ1v) is 9.35. The van der Waals surface area contributed by atoms with Crippen LogP contribution in [0, 0.1) is 0 Å². The van der Waals surface area contributed by atoms with Gasteiger partial charge in [0.15, 0.2) is 0 Å². The Morgan fingerprint density at radius 3 is 2.44 bits per heavy atom. The van der Waals surface area contributed by atoms with Crippen LogP contribution >= 0.6 is 0 Å². The van der Waals surface area contributed by atoms with Crippen molar-refractivity contribution in [3.8, 4) is 0 Å². The number of ether oxygens (including phenoxy) is 2. The lowest BCUT2D eigenvalue weighted by atomic mass is 9.81. The third-order valence-corrected chi connectivity index (χ3v) is 6.51. The molecule has 140 valence electrons. The van der Waals surface area contributed by atoms with Crippen LogP contribution in [-0.2, 0) is 9.47 Å². The first-order chi connectivity index (χ1) is 12.0. The maximum absolute atomic E-state index is 11.7. The molecule has 3 atom stereocenters. The largest absolute Gasteiger partial charge is 0.465 e. The van der Waals surface area contributed by atoms with Crippen molar-refractivity contribution in [2.75, 3.05) is 26.3 Å². The van der Waals surface area contributed by atoms with Crippen molar-refractivity contribution in [2.24, 2.45) is 0 Å². The summed E-state index contributed by atoms with van der Waals surface area (Å²) in [4.78, 5) is 27.3. The molecule has 4 saturated heterocycles. The average molecular weight is 353 g/mol. The Morgan fingerprint density at radius 1 is 1.24 bits per heavy atom. The van der Waals surface area contributed by atoms with E-state index in [2.05, 4.69) is 17.1 Å². The predicted molar refractivity (Wildman–Crippen MR) is 88.5 cm³/mol. The minimum atomic E-state index is -0.830. The molecule has 8 heteroatoms. The number of nitrogens with zero attached hydrogens (tertiary/aromatic N) is 2. The van der Waals surface area contributed by atoms with Crippen LogP contribution in [-0.4, -0.2) is 83.2 Å². The second kappa shape index (κ2) is 6.32. The maximum atomic E-state index is 11.7. The van der Waals surface area contributed by atoms with E-state index in [1.165, 1.54) is 0 Å². The Bertz CT molecular complexity index is 534. The third-order valence-electron chi connectivity index (χ3n) is 6.51. The molecular weight excluding hydrogens is 326 g/mol. The van der Waals surface area contributed by atoms with E-state index in [0.717, 1.165) is 45.2 Å². The second-order valence-corrected chi connectivity index (χ2v) is 7.76. The van der Waals surface area contributed by atoms with Gasteiger partial charge in [-0.1, -0.05) is 6.92 Å². The van der Waals surface area contributed by atoms with Crippen LogP contribution in [0.2, 0.25) is 0 Å². The molecule has 2 amide bonds. The van der Waals surface area contributed by atoms with Crippen LogP contribution in [0.5, 0.6) is 0 Å². The van der Waals surface area contributed by atoms with Crippen LogP contribution < -0.4 is 5.32 Å². The van der Waals surface area contributed by atoms with Gasteiger partial charge in [-0.25, -0.2) is 9.59 Å². The molecule has 4 rings (SSSR count). The van der Waals surface area contributed by atoms with E-state index in [4.69, 9.17) is 9.47 Å². The molecule has 0 radical (unpaired) electrons. The highest BCUT2D eigenvalue weighted by Crippen LogP contribution is 2.38. The Balaban J connectivity index is 1.40. The van der Waals surface area contributed by atoms with Crippen molar-refractivity contribution < 1.29 is 24.2 Å². The highest BCUT2D eigenvalue weighted by Gasteiger charge is 2.51. The van der Waals surface area contributed by atoms with Crippen molar-refractivity contribution in [1.29, 1.82) is 0 Å². The molecule has 25 heavy (non-hydrogen) atoms. The Morgan fingerprint density at radius 2 is 1.88 bits per heavy atom. The molecule has 2 N–H and O–H groups in total. The number of carboxylic acid groups (broad SMARTS) is 1. The van der Waals surface area contributed by atoms with Gasteiger partial charge in [-0.05, 0) is 19.3 Å². The zero-order chi connectivity index (χ0) is 17.6. The highest BCUT2D eigenvalue weighted by atomic mass is 16.6. The Hall–Kier alpha value is -1.54. The summed E-state index contributed by atoms with van der Waals surface area (Å²) in [7, 11) is 0. The van der Waals surface area contributed by atoms with E-state index < -0.39 is 6.09 Å². The molecule has 4 aliphatic heterocycles. The standard InChI is InChI=1S/C17H27N3O5/c1-2-14-17(25-15(21)18-14)3-5-19(6-4-17)11-7-12-9-24-10-13(8-11)20(12)16(22)23/h11-14H,2-10H2,1H3,(H,18,21)(H,22,23). The van der Waals surface area contributed by atoms with Gasteiger partial charge in [0.2, 0.25) is 0 Å². The van der Waals surface area contributed by atoms with E-state index in [1.807, 2.05) is 0 Å². The monoisotopic (exact) mass is 353 g/mol. The first kappa shape index (κ1) is 16.9. The van der Waals surface area contributed by atoms with E-state index in [0.29, 0.717) is 19.3 Å². The SMILES string of the molecule is CCC1NC(=O)OC12CCN(C1CC3COCC(C1)N3C(=O)O)CC2. The molecular formula is C17H27N3O5. The molecule has 3 unspecified atom stereocenters. The smallest absolute Gasteiger partial charge is 0.408 e. The van der Waals surface area contributed by atoms with Crippen molar-refractivity contribution in [3.05, 3.63) is 0 Å². The number of carbonyl (C=O) groups excluding carboxylic acids is 1. The lowest BCUT2D eigenvalue weighted by molar-refractivity contribution is -0.0925. The van der Waals surface area contributed by atoms with Crippen molar-refractivity contribution >= 4 is 12.2 Å².